The summed E-state index contributed by atoms with van der Waals surface area (Å²) in [5, 5.41) is 0. The van der Waals surface area contributed by atoms with Crippen LogP contribution in [0.5, 0.6) is 0 Å². The second-order valence-corrected chi connectivity index (χ2v) is 9.23. The summed E-state index contributed by atoms with van der Waals surface area (Å²) < 4.78 is 0. The van der Waals surface area contributed by atoms with Crippen LogP contribution in [-0.2, 0) is 17.8 Å². The summed E-state index contributed by atoms with van der Waals surface area (Å²) in [5.41, 5.74) is 1.19. The van der Waals surface area contributed by atoms with Crippen molar-refractivity contribution in [3.8, 4) is 0 Å². The largest absolute Gasteiger partial charge is 0.328 e. The first-order valence-electron chi connectivity index (χ1n) is 11.8. The number of benzene rings is 1. The lowest BCUT2D eigenvalue weighted by molar-refractivity contribution is -0.136. The number of pyridine rings is 1. The summed E-state index contributed by atoms with van der Waals surface area (Å²) in [5.74, 6) is 0.587. The minimum Gasteiger partial charge on any atom is -0.309 e. The molecule has 2 saturated heterocycles. The summed E-state index contributed by atoms with van der Waals surface area (Å²) in [4.78, 5) is 37.3. The Morgan fingerprint density at radius 2 is 1.75 bits per heavy atom. The van der Waals surface area contributed by atoms with E-state index >= 15 is 0 Å². The van der Waals surface area contributed by atoms with E-state index in [9.17, 15) is 9.59 Å². The number of likely N-dealkylation sites (tertiary alicyclic amines) is 1. The predicted octanol–water partition coefficient (Wildman–Crippen LogP) is 3.97. The fraction of sp³-hybridized carbons (Fsp3) is 0.500. The van der Waals surface area contributed by atoms with Crippen LogP contribution in [0.25, 0.3) is 0 Å². The number of imide groups is 1. The molecule has 2 aliphatic rings. The molecule has 1 aromatic carbocycles. The van der Waals surface area contributed by atoms with Gasteiger partial charge < -0.3 is 9.80 Å². The van der Waals surface area contributed by atoms with Gasteiger partial charge in [-0.2, -0.15) is 0 Å². The molecule has 6 nitrogen and oxygen atoms in total. The van der Waals surface area contributed by atoms with Crippen molar-refractivity contribution < 1.29 is 9.59 Å². The highest BCUT2D eigenvalue weighted by atomic mass is 16.2. The molecule has 32 heavy (non-hydrogen) atoms. The molecular formula is C26H34N4O2. The number of hydrogen-bond acceptors (Lipinski definition) is 4. The SMILES string of the molecule is CCC(C)CN1CCC2(CC1)C(=O)N(Cc1ccccn1)C(=O)N2CCc1ccccc1. The van der Waals surface area contributed by atoms with Crippen LogP contribution in [0.15, 0.2) is 54.7 Å². The van der Waals surface area contributed by atoms with Crippen molar-refractivity contribution in [3.63, 3.8) is 0 Å². The van der Waals surface area contributed by atoms with Gasteiger partial charge in [0.05, 0.1) is 12.2 Å². The lowest BCUT2D eigenvalue weighted by Gasteiger charge is -2.42. The third-order valence-corrected chi connectivity index (χ3v) is 7.08. The van der Waals surface area contributed by atoms with E-state index in [0.717, 1.165) is 38.2 Å². The maximum absolute atomic E-state index is 13.7. The quantitative estimate of drug-likeness (QED) is 0.590. The van der Waals surface area contributed by atoms with Crippen LogP contribution in [0.1, 0.15) is 44.4 Å². The van der Waals surface area contributed by atoms with Gasteiger partial charge in [-0.3, -0.25) is 14.7 Å². The highest BCUT2D eigenvalue weighted by Crippen LogP contribution is 2.38. The van der Waals surface area contributed by atoms with Crippen LogP contribution >= 0.6 is 0 Å². The maximum Gasteiger partial charge on any atom is 0.328 e. The Hall–Kier alpha value is -2.73. The van der Waals surface area contributed by atoms with Gasteiger partial charge >= 0.3 is 6.03 Å². The maximum atomic E-state index is 13.7. The molecule has 4 rings (SSSR count). The number of amides is 3. The van der Waals surface area contributed by atoms with Gasteiger partial charge in [-0.05, 0) is 42.9 Å². The Morgan fingerprint density at radius 3 is 2.41 bits per heavy atom. The lowest BCUT2D eigenvalue weighted by atomic mass is 9.85. The molecule has 3 amide bonds. The van der Waals surface area contributed by atoms with E-state index in [1.54, 1.807) is 6.20 Å². The second-order valence-electron chi connectivity index (χ2n) is 9.23. The fourth-order valence-corrected chi connectivity index (χ4v) is 4.93. The van der Waals surface area contributed by atoms with E-state index in [2.05, 4.69) is 35.9 Å². The predicted molar refractivity (Wildman–Crippen MR) is 125 cm³/mol. The molecule has 0 bridgehead atoms. The third-order valence-electron chi connectivity index (χ3n) is 7.08. The highest BCUT2D eigenvalue weighted by molar-refractivity contribution is 6.07. The highest BCUT2D eigenvalue weighted by Gasteiger charge is 2.57. The number of urea groups is 1. The van der Waals surface area contributed by atoms with E-state index < -0.39 is 5.54 Å². The fourth-order valence-electron chi connectivity index (χ4n) is 4.93. The number of nitrogens with zero attached hydrogens (tertiary/aromatic N) is 4. The number of rotatable bonds is 8. The van der Waals surface area contributed by atoms with Crippen molar-refractivity contribution in [2.75, 3.05) is 26.2 Å². The summed E-state index contributed by atoms with van der Waals surface area (Å²) in [6, 6.07) is 15.6. The van der Waals surface area contributed by atoms with Crippen LogP contribution < -0.4 is 0 Å². The molecule has 2 aromatic rings. The van der Waals surface area contributed by atoms with Gasteiger partial charge in [0.2, 0.25) is 0 Å². The van der Waals surface area contributed by atoms with Crippen molar-refractivity contribution in [1.82, 2.24) is 19.7 Å². The second kappa shape index (κ2) is 9.82. The molecule has 0 N–H and O–H groups in total. The zero-order valence-corrected chi connectivity index (χ0v) is 19.2. The molecular weight excluding hydrogens is 400 g/mol. The molecule has 3 heterocycles. The molecule has 170 valence electrons. The Kier molecular flexibility index (Phi) is 6.89. The molecule has 1 atom stereocenters. The molecule has 1 spiro atoms. The summed E-state index contributed by atoms with van der Waals surface area (Å²) in [6.07, 6.45) is 5.00. The molecule has 0 aliphatic carbocycles. The van der Waals surface area contributed by atoms with Crippen molar-refractivity contribution in [2.45, 2.75) is 51.6 Å². The first-order chi connectivity index (χ1) is 15.5. The number of carbonyl (C=O) groups is 2. The number of piperidine rings is 1. The van der Waals surface area contributed by atoms with Gasteiger partial charge in [0.1, 0.15) is 5.54 Å². The van der Waals surface area contributed by atoms with Gasteiger partial charge in [-0.25, -0.2) is 4.79 Å². The average molecular weight is 435 g/mol. The molecule has 0 radical (unpaired) electrons. The van der Waals surface area contributed by atoms with Gasteiger partial charge in [-0.15, -0.1) is 0 Å². The van der Waals surface area contributed by atoms with E-state index in [4.69, 9.17) is 0 Å². The van der Waals surface area contributed by atoms with E-state index in [0.29, 0.717) is 25.3 Å². The van der Waals surface area contributed by atoms with Crippen molar-refractivity contribution in [3.05, 3.63) is 66.0 Å². The first-order valence-corrected chi connectivity index (χ1v) is 11.8. The van der Waals surface area contributed by atoms with Crippen molar-refractivity contribution in [1.29, 1.82) is 0 Å². The minimum atomic E-state index is -0.730. The first kappa shape index (κ1) is 22.5. The number of aromatic nitrogens is 1. The van der Waals surface area contributed by atoms with Crippen molar-refractivity contribution in [2.24, 2.45) is 5.92 Å². The summed E-state index contributed by atoms with van der Waals surface area (Å²) in [7, 11) is 0. The number of carbonyl (C=O) groups excluding carboxylic acids is 2. The Morgan fingerprint density at radius 1 is 1.03 bits per heavy atom. The van der Waals surface area contributed by atoms with Crippen molar-refractivity contribution >= 4 is 11.9 Å². The van der Waals surface area contributed by atoms with E-state index in [1.165, 1.54) is 10.5 Å². The van der Waals surface area contributed by atoms with Crippen LogP contribution in [0.2, 0.25) is 0 Å². The van der Waals surface area contributed by atoms with Crippen LogP contribution in [-0.4, -0.2) is 63.3 Å². The van der Waals surface area contributed by atoms with Gasteiger partial charge in [0, 0.05) is 32.4 Å². The van der Waals surface area contributed by atoms with E-state index in [1.807, 2.05) is 41.3 Å². The normalized spacial score (nSPS) is 19.7. The van der Waals surface area contributed by atoms with E-state index in [-0.39, 0.29) is 18.5 Å². The van der Waals surface area contributed by atoms with Gasteiger partial charge in [-0.1, -0.05) is 56.7 Å². The molecule has 2 fully saturated rings. The summed E-state index contributed by atoms with van der Waals surface area (Å²) in [6.45, 7) is 8.03. The van der Waals surface area contributed by atoms with Crippen LogP contribution in [0.4, 0.5) is 4.79 Å². The zero-order chi connectivity index (χ0) is 22.6. The topological polar surface area (TPSA) is 56.8 Å². The minimum absolute atomic E-state index is 0.0515. The number of hydrogen-bond donors (Lipinski definition) is 0. The van der Waals surface area contributed by atoms with Crippen LogP contribution in [0.3, 0.4) is 0 Å². The van der Waals surface area contributed by atoms with Gasteiger partial charge in [0.15, 0.2) is 0 Å². The summed E-state index contributed by atoms with van der Waals surface area (Å²) >= 11 is 0. The molecule has 6 heteroatoms. The zero-order valence-electron chi connectivity index (χ0n) is 19.2. The standard InChI is InChI=1S/C26H34N4O2/c1-3-21(2)19-28-17-13-26(14-18-28)24(31)29(20-23-11-7-8-15-27-23)25(32)30(26)16-12-22-9-5-4-6-10-22/h4-11,15,21H,3,12-14,16-20H2,1-2H3. The molecule has 1 aromatic heterocycles. The molecule has 1 unspecified atom stereocenters. The van der Waals surface area contributed by atoms with Crippen LogP contribution in [0, 0.1) is 5.92 Å². The third kappa shape index (κ3) is 4.56. The molecule has 0 saturated carbocycles. The average Bonchev–Trinajstić information content (AvgIpc) is 3.01. The van der Waals surface area contributed by atoms with Gasteiger partial charge in [0.25, 0.3) is 5.91 Å². The Balaban J connectivity index is 1.54. The Bertz CT molecular complexity index is 910. The smallest absolute Gasteiger partial charge is 0.309 e. The molecule has 2 aliphatic heterocycles. The Labute approximate surface area is 191 Å². The monoisotopic (exact) mass is 434 g/mol. The lowest BCUT2D eigenvalue weighted by Crippen LogP contribution is -2.57.